The van der Waals surface area contributed by atoms with E-state index in [4.69, 9.17) is 23.2 Å². The summed E-state index contributed by atoms with van der Waals surface area (Å²) in [6, 6.07) is 4.80. The van der Waals surface area contributed by atoms with Gasteiger partial charge in [-0.15, -0.1) is 0 Å². The highest BCUT2D eigenvalue weighted by Crippen LogP contribution is 2.26. The van der Waals surface area contributed by atoms with Crippen molar-refractivity contribution in [1.82, 2.24) is 5.32 Å². The van der Waals surface area contributed by atoms with Crippen LogP contribution in [0, 0.1) is 0 Å². The number of hydrogen-bond donors (Lipinski definition) is 2. The maximum atomic E-state index is 12.1. The van der Waals surface area contributed by atoms with Crippen LogP contribution in [0.5, 0.6) is 0 Å². The minimum absolute atomic E-state index is 0.108. The second kappa shape index (κ2) is 6.47. The average molecular weight is 332 g/mol. The van der Waals surface area contributed by atoms with E-state index in [9.17, 15) is 9.59 Å². The zero-order valence-electron chi connectivity index (χ0n) is 10.4. The van der Waals surface area contributed by atoms with Gasteiger partial charge in [-0.25, -0.2) is 0 Å². The van der Waals surface area contributed by atoms with E-state index in [0.29, 0.717) is 20.9 Å². The number of nitrogens with zero attached hydrogens (tertiary/aromatic N) is 1. The standard InChI is InChI=1S/C12H11Cl2N3O2S/c1-15-12-17-10(18)5-9(20-12)11(19)16-6-2-3-7(13)8(14)4-6/h2-4,9H,5H2,1H3,(H,16,19)(H,15,17,18). The third-order valence-electron chi connectivity index (χ3n) is 2.55. The number of amides is 2. The number of benzene rings is 1. The lowest BCUT2D eigenvalue weighted by Crippen LogP contribution is -2.41. The summed E-state index contributed by atoms with van der Waals surface area (Å²) < 4.78 is 0. The number of hydrogen-bond acceptors (Lipinski definition) is 4. The van der Waals surface area contributed by atoms with E-state index in [-0.39, 0.29) is 18.2 Å². The largest absolute Gasteiger partial charge is 0.325 e. The lowest BCUT2D eigenvalue weighted by Gasteiger charge is -2.22. The fourth-order valence-corrected chi connectivity index (χ4v) is 2.84. The number of halogens is 2. The van der Waals surface area contributed by atoms with Crippen LogP contribution < -0.4 is 10.6 Å². The smallest absolute Gasteiger partial charge is 0.238 e. The Morgan fingerprint density at radius 3 is 2.85 bits per heavy atom. The van der Waals surface area contributed by atoms with Crippen molar-refractivity contribution >= 4 is 57.6 Å². The molecule has 1 aromatic carbocycles. The molecule has 1 aliphatic rings. The van der Waals surface area contributed by atoms with Crippen molar-refractivity contribution < 1.29 is 9.59 Å². The van der Waals surface area contributed by atoms with Crippen molar-refractivity contribution in [3.63, 3.8) is 0 Å². The van der Waals surface area contributed by atoms with E-state index in [2.05, 4.69) is 15.6 Å². The van der Waals surface area contributed by atoms with Crippen LogP contribution >= 0.6 is 35.0 Å². The number of carbonyl (C=O) groups is 2. The summed E-state index contributed by atoms with van der Waals surface area (Å²) in [7, 11) is 1.56. The molecule has 1 aliphatic heterocycles. The van der Waals surface area contributed by atoms with Crippen LogP contribution in [0.15, 0.2) is 23.2 Å². The molecule has 2 rings (SSSR count). The Morgan fingerprint density at radius 2 is 2.20 bits per heavy atom. The van der Waals surface area contributed by atoms with Gasteiger partial charge in [0.25, 0.3) is 0 Å². The van der Waals surface area contributed by atoms with Crippen molar-refractivity contribution in [2.24, 2.45) is 4.99 Å². The van der Waals surface area contributed by atoms with Gasteiger partial charge in [0, 0.05) is 19.2 Å². The Balaban J connectivity index is 2.07. The second-order valence-electron chi connectivity index (χ2n) is 4.01. The van der Waals surface area contributed by atoms with Gasteiger partial charge in [0.05, 0.1) is 10.0 Å². The summed E-state index contributed by atoms with van der Waals surface area (Å²) in [6.07, 6.45) is 0.108. The molecule has 0 saturated carbocycles. The quantitative estimate of drug-likeness (QED) is 0.874. The highest BCUT2D eigenvalue weighted by molar-refractivity contribution is 8.15. The van der Waals surface area contributed by atoms with Crippen molar-refractivity contribution in [3.8, 4) is 0 Å². The van der Waals surface area contributed by atoms with Crippen LogP contribution in [-0.4, -0.2) is 29.3 Å². The van der Waals surface area contributed by atoms with Crippen molar-refractivity contribution in [2.45, 2.75) is 11.7 Å². The van der Waals surface area contributed by atoms with Crippen LogP contribution in [0.25, 0.3) is 0 Å². The number of carbonyl (C=O) groups excluding carboxylic acids is 2. The number of anilines is 1. The maximum absolute atomic E-state index is 12.1. The van der Waals surface area contributed by atoms with Gasteiger partial charge >= 0.3 is 0 Å². The zero-order chi connectivity index (χ0) is 14.7. The zero-order valence-corrected chi connectivity index (χ0v) is 12.8. The molecule has 0 aromatic heterocycles. The normalized spacial score (nSPS) is 20.6. The molecule has 0 spiro atoms. The monoisotopic (exact) mass is 331 g/mol. The minimum Gasteiger partial charge on any atom is -0.325 e. The van der Waals surface area contributed by atoms with Crippen LogP contribution in [0.4, 0.5) is 5.69 Å². The first-order chi connectivity index (χ1) is 9.49. The van der Waals surface area contributed by atoms with E-state index in [1.807, 2.05) is 0 Å². The topological polar surface area (TPSA) is 70.6 Å². The third-order valence-corrected chi connectivity index (χ3v) is 4.47. The Labute approximate surface area is 130 Å². The molecule has 1 saturated heterocycles. The second-order valence-corrected chi connectivity index (χ2v) is 6.01. The molecule has 1 heterocycles. The summed E-state index contributed by atoms with van der Waals surface area (Å²) in [5, 5.41) is 5.99. The fraction of sp³-hybridized carbons (Fsp3) is 0.250. The number of amidine groups is 1. The predicted molar refractivity (Wildman–Crippen MR) is 82.6 cm³/mol. The van der Waals surface area contributed by atoms with E-state index in [0.717, 1.165) is 0 Å². The number of nitrogens with one attached hydrogen (secondary N) is 2. The number of rotatable bonds is 2. The lowest BCUT2D eigenvalue weighted by atomic mass is 10.2. The molecule has 0 aliphatic carbocycles. The highest BCUT2D eigenvalue weighted by Gasteiger charge is 2.29. The SMILES string of the molecule is CN=C1NC(=O)CC(C(=O)Nc2ccc(Cl)c(Cl)c2)S1. The van der Waals surface area contributed by atoms with Crippen LogP contribution in [0.2, 0.25) is 10.0 Å². The van der Waals surface area contributed by atoms with Gasteiger partial charge in [0.1, 0.15) is 5.25 Å². The van der Waals surface area contributed by atoms with E-state index < -0.39 is 5.25 Å². The molecule has 2 amide bonds. The van der Waals surface area contributed by atoms with E-state index in [1.165, 1.54) is 11.8 Å². The van der Waals surface area contributed by atoms with Crippen LogP contribution in [-0.2, 0) is 9.59 Å². The molecule has 0 bridgehead atoms. The molecule has 8 heteroatoms. The average Bonchev–Trinajstić information content (AvgIpc) is 2.42. The first-order valence-corrected chi connectivity index (χ1v) is 7.32. The fourth-order valence-electron chi connectivity index (χ4n) is 1.60. The van der Waals surface area contributed by atoms with E-state index >= 15 is 0 Å². The first-order valence-electron chi connectivity index (χ1n) is 5.69. The number of aliphatic imine (C=N–C) groups is 1. The molecule has 1 aromatic rings. The van der Waals surface area contributed by atoms with Gasteiger partial charge in [0.2, 0.25) is 11.8 Å². The van der Waals surface area contributed by atoms with Crippen molar-refractivity contribution in [1.29, 1.82) is 0 Å². The summed E-state index contributed by atoms with van der Waals surface area (Å²) in [4.78, 5) is 27.5. The summed E-state index contributed by atoms with van der Waals surface area (Å²) in [5.41, 5.74) is 0.533. The number of thioether (sulfide) groups is 1. The Hall–Kier alpha value is -1.24. The molecular formula is C12H11Cl2N3O2S. The Bertz CT molecular complexity index is 592. The van der Waals surface area contributed by atoms with Gasteiger partial charge in [-0.3, -0.25) is 14.6 Å². The maximum Gasteiger partial charge on any atom is 0.238 e. The third kappa shape index (κ3) is 3.65. The van der Waals surface area contributed by atoms with Gasteiger partial charge in [-0.05, 0) is 18.2 Å². The molecule has 1 unspecified atom stereocenters. The van der Waals surface area contributed by atoms with Crippen molar-refractivity contribution in [2.75, 3.05) is 12.4 Å². The van der Waals surface area contributed by atoms with Crippen molar-refractivity contribution in [3.05, 3.63) is 28.2 Å². The first kappa shape index (κ1) is 15.2. The molecule has 20 heavy (non-hydrogen) atoms. The summed E-state index contributed by atoms with van der Waals surface area (Å²) >= 11 is 12.9. The summed E-state index contributed by atoms with van der Waals surface area (Å²) in [5.74, 6) is -0.497. The predicted octanol–water partition coefficient (Wildman–Crippen LogP) is 2.54. The lowest BCUT2D eigenvalue weighted by molar-refractivity contribution is -0.123. The van der Waals surface area contributed by atoms with Crippen LogP contribution in [0.3, 0.4) is 0 Å². The molecule has 5 nitrogen and oxygen atoms in total. The van der Waals surface area contributed by atoms with Crippen LogP contribution in [0.1, 0.15) is 6.42 Å². The molecule has 1 fully saturated rings. The molecular weight excluding hydrogens is 321 g/mol. The van der Waals surface area contributed by atoms with Gasteiger partial charge in [0.15, 0.2) is 5.17 Å². The van der Waals surface area contributed by atoms with Gasteiger partial charge in [-0.2, -0.15) is 0 Å². The molecule has 2 N–H and O–H groups in total. The highest BCUT2D eigenvalue weighted by atomic mass is 35.5. The summed E-state index contributed by atoms with van der Waals surface area (Å²) in [6.45, 7) is 0. The van der Waals surface area contributed by atoms with Gasteiger partial charge in [-0.1, -0.05) is 35.0 Å². The molecule has 106 valence electrons. The molecule has 1 atom stereocenters. The van der Waals surface area contributed by atoms with E-state index in [1.54, 1.807) is 25.2 Å². The Kier molecular flexibility index (Phi) is 4.91. The minimum atomic E-state index is -0.517. The Morgan fingerprint density at radius 1 is 1.45 bits per heavy atom. The molecule has 0 radical (unpaired) electrons. The van der Waals surface area contributed by atoms with Gasteiger partial charge < -0.3 is 10.6 Å².